The summed E-state index contributed by atoms with van der Waals surface area (Å²) in [5.41, 5.74) is 8.04. The first kappa shape index (κ1) is 36.2. The van der Waals surface area contributed by atoms with E-state index in [0.717, 1.165) is 74.4 Å². The van der Waals surface area contributed by atoms with Crippen molar-refractivity contribution >= 4 is 23.9 Å². The standard InChI is InChI=1S/C32H45N5O9/c1-22(39)46-37(31(33)43)29-30(42)36(32(44)35-29)20-24-11-8-10-23(17-24)9-4-7-16-45-15-6-3-2-5-14-34-19-28(41)25-12-13-27(40)26(18-25)21-38/h8,10-13,17-18,28-29,34,38,40-41H,2-7,9,14-16,19-21H2,1H3,(H2,33,43)(H,35,44)/t28-,29?/m0/s1. The molecule has 252 valence electrons. The van der Waals surface area contributed by atoms with Crippen LogP contribution in [0.15, 0.2) is 42.5 Å². The van der Waals surface area contributed by atoms with Crippen LogP contribution >= 0.6 is 0 Å². The number of imide groups is 1. The van der Waals surface area contributed by atoms with Crippen molar-refractivity contribution in [3.8, 4) is 5.75 Å². The van der Waals surface area contributed by atoms with E-state index < -0.39 is 36.2 Å². The van der Waals surface area contributed by atoms with Crippen molar-refractivity contribution in [3.63, 3.8) is 0 Å². The molecule has 0 aromatic heterocycles. The van der Waals surface area contributed by atoms with Crippen LogP contribution < -0.4 is 16.4 Å². The van der Waals surface area contributed by atoms with E-state index in [9.17, 15) is 34.5 Å². The highest BCUT2D eigenvalue weighted by atomic mass is 16.7. The van der Waals surface area contributed by atoms with Gasteiger partial charge in [0, 0.05) is 32.2 Å². The molecule has 46 heavy (non-hydrogen) atoms. The number of aryl methyl sites for hydroxylation is 1. The molecule has 2 atom stereocenters. The van der Waals surface area contributed by atoms with Gasteiger partial charge in [0.2, 0.25) is 6.17 Å². The molecule has 1 aliphatic heterocycles. The summed E-state index contributed by atoms with van der Waals surface area (Å²) in [5, 5.41) is 35.1. The molecule has 0 saturated carbocycles. The lowest BCUT2D eigenvalue weighted by Gasteiger charge is -2.22. The summed E-state index contributed by atoms with van der Waals surface area (Å²) < 4.78 is 5.77. The fraction of sp³-hybridized carbons (Fsp3) is 0.500. The monoisotopic (exact) mass is 643 g/mol. The second kappa shape index (κ2) is 18.7. The van der Waals surface area contributed by atoms with Crippen LogP contribution in [0.4, 0.5) is 9.59 Å². The van der Waals surface area contributed by atoms with Crippen LogP contribution in [-0.4, -0.2) is 81.7 Å². The third-order valence-corrected chi connectivity index (χ3v) is 7.41. The molecule has 7 N–H and O–H groups in total. The summed E-state index contributed by atoms with van der Waals surface area (Å²) >= 11 is 0. The lowest BCUT2D eigenvalue weighted by molar-refractivity contribution is -0.184. The number of rotatable bonds is 19. The van der Waals surface area contributed by atoms with E-state index in [1.165, 1.54) is 6.07 Å². The maximum Gasteiger partial charge on any atom is 0.350 e. The van der Waals surface area contributed by atoms with Crippen molar-refractivity contribution < 1.29 is 44.1 Å². The first-order chi connectivity index (χ1) is 22.1. The first-order valence-corrected chi connectivity index (χ1v) is 15.5. The molecule has 0 aliphatic carbocycles. The number of ether oxygens (including phenoxy) is 1. The number of nitrogens with two attached hydrogens (primary N) is 1. The Morgan fingerprint density at radius 2 is 1.76 bits per heavy atom. The largest absolute Gasteiger partial charge is 0.508 e. The number of aromatic hydroxyl groups is 1. The predicted octanol–water partition coefficient (Wildman–Crippen LogP) is 2.34. The van der Waals surface area contributed by atoms with Crippen molar-refractivity contribution in [3.05, 3.63) is 64.7 Å². The number of amides is 5. The summed E-state index contributed by atoms with van der Waals surface area (Å²) in [6, 6.07) is 10.4. The summed E-state index contributed by atoms with van der Waals surface area (Å²) in [7, 11) is 0. The third-order valence-electron chi connectivity index (χ3n) is 7.41. The zero-order valence-corrected chi connectivity index (χ0v) is 26.2. The van der Waals surface area contributed by atoms with E-state index in [1.807, 2.05) is 18.2 Å². The predicted molar refractivity (Wildman–Crippen MR) is 167 cm³/mol. The minimum absolute atomic E-state index is 0.0164. The van der Waals surface area contributed by atoms with E-state index in [-0.39, 0.29) is 18.9 Å². The molecule has 1 saturated heterocycles. The second-order valence-electron chi connectivity index (χ2n) is 11.1. The van der Waals surface area contributed by atoms with E-state index in [0.29, 0.717) is 35.9 Å². The summed E-state index contributed by atoms with van der Waals surface area (Å²) in [6.07, 6.45) is 4.44. The zero-order valence-electron chi connectivity index (χ0n) is 26.2. The van der Waals surface area contributed by atoms with Crippen LogP contribution in [0.1, 0.15) is 73.8 Å². The van der Waals surface area contributed by atoms with E-state index in [1.54, 1.807) is 18.2 Å². The molecule has 14 nitrogen and oxygen atoms in total. The van der Waals surface area contributed by atoms with Gasteiger partial charge in [-0.1, -0.05) is 43.2 Å². The number of primary amides is 1. The molecule has 0 radical (unpaired) electrons. The van der Waals surface area contributed by atoms with E-state index in [2.05, 4.69) is 10.6 Å². The van der Waals surface area contributed by atoms with Crippen molar-refractivity contribution in [2.75, 3.05) is 26.3 Å². The fourth-order valence-electron chi connectivity index (χ4n) is 4.98. The average molecular weight is 644 g/mol. The highest BCUT2D eigenvalue weighted by molar-refractivity contribution is 6.05. The van der Waals surface area contributed by atoms with Crippen LogP contribution in [0.3, 0.4) is 0 Å². The molecule has 14 heteroatoms. The number of urea groups is 2. The van der Waals surface area contributed by atoms with Gasteiger partial charge in [-0.15, -0.1) is 5.06 Å². The number of aliphatic hydroxyl groups excluding tert-OH is 2. The maximum absolute atomic E-state index is 12.8. The molecular weight excluding hydrogens is 598 g/mol. The Balaban J connectivity index is 1.24. The number of unbranched alkanes of at least 4 members (excludes halogenated alkanes) is 4. The number of carbonyl (C=O) groups is 4. The van der Waals surface area contributed by atoms with Gasteiger partial charge in [-0.3, -0.25) is 14.5 Å². The Bertz CT molecular complexity index is 1320. The molecular formula is C32H45N5O9. The molecule has 1 fully saturated rings. The molecule has 1 heterocycles. The molecule has 2 aromatic carbocycles. The molecule has 5 amide bonds. The number of carbonyl (C=O) groups excluding carboxylic acids is 4. The van der Waals surface area contributed by atoms with Gasteiger partial charge in [0.05, 0.1) is 19.3 Å². The number of benzene rings is 2. The summed E-state index contributed by atoms with van der Waals surface area (Å²) in [4.78, 5) is 53.8. The molecule has 1 unspecified atom stereocenters. The Morgan fingerprint density at radius 1 is 1.04 bits per heavy atom. The Labute approximate surface area is 268 Å². The Hall–Kier alpha value is -4.24. The topological polar surface area (TPSA) is 204 Å². The summed E-state index contributed by atoms with van der Waals surface area (Å²) in [6.45, 7) is 3.30. The van der Waals surface area contributed by atoms with Crippen molar-refractivity contribution in [2.24, 2.45) is 5.73 Å². The van der Waals surface area contributed by atoms with Crippen LogP contribution in [0.2, 0.25) is 0 Å². The molecule has 3 rings (SSSR count). The minimum atomic E-state index is -1.53. The molecule has 0 spiro atoms. The van der Waals surface area contributed by atoms with Gasteiger partial charge < -0.3 is 41.3 Å². The van der Waals surface area contributed by atoms with Gasteiger partial charge in [0.25, 0.3) is 5.91 Å². The van der Waals surface area contributed by atoms with Crippen molar-refractivity contribution in [1.29, 1.82) is 0 Å². The second-order valence-corrected chi connectivity index (χ2v) is 11.1. The van der Waals surface area contributed by atoms with Gasteiger partial charge >= 0.3 is 18.0 Å². The lowest BCUT2D eigenvalue weighted by Crippen LogP contribution is -2.52. The van der Waals surface area contributed by atoms with Gasteiger partial charge in [0.1, 0.15) is 5.75 Å². The first-order valence-electron chi connectivity index (χ1n) is 15.5. The van der Waals surface area contributed by atoms with Gasteiger partial charge in [-0.05, 0) is 67.5 Å². The number of hydrogen-bond donors (Lipinski definition) is 6. The minimum Gasteiger partial charge on any atom is -0.508 e. The molecule has 1 aliphatic rings. The number of hydroxylamine groups is 2. The number of aliphatic hydroxyl groups is 2. The quantitative estimate of drug-likeness (QED) is 0.0749. The van der Waals surface area contributed by atoms with E-state index >= 15 is 0 Å². The Kier molecular flexibility index (Phi) is 14.7. The highest BCUT2D eigenvalue weighted by Gasteiger charge is 2.44. The van der Waals surface area contributed by atoms with Crippen LogP contribution in [0, 0.1) is 0 Å². The number of nitrogens with zero attached hydrogens (tertiary/aromatic N) is 2. The maximum atomic E-state index is 12.8. The summed E-state index contributed by atoms with van der Waals surface area (Å²) in [5.74, 6) is -1.61. The highest BCUT2D eigenvalue weighted by Crippen LogP contribution is 2.22. The normalized spacial score (nSPS) is 15.1. The smallest absolute Gasteiger partial charge is 0.350 e. The molecule has 0 bridgehead atoms. The van der Waals surface area contributed by atoms with Gasteiger partial charge in [-0.25, -0.2) is 9.59 Å². The average Bonchev–Trinajstić information content (AvgIpc) is 3.30. The SMILES string of the molecule is CC(=O)ON(C(N)=O)C1NC(=O)N(Cc2cccc(CCCCOCCCCCCNC[C@H](O)c3ccc(O)c(CO)c3)c2)C1=O. The number of hydrogen-bond acceptors (Lipinski definition) is 10. The van der Waals surface area contributed by atoms with Crippen molar-refractivity contribution in [2.45, 2.75) is 77.3 Å². The van der Waals surface area contributed by atoms with Gasteiger partial charge in [-0.2, -0.15) is 0 Å². The van der Waals surface area contributed by atoms with Gasteiger partial charge in [0.15, 0.2) is 0 Å². The van der Waals surface area contributed by atoms with Crippen LogP contribution in [-0.2, 0) is 38.7 Å². The third kappa shape index (κ3) is 11.3. The Morgan fingerprint density at radius 3 is 2.48 bits per heavy atom. The fourth-order valence-corrected chi connectivity index (χ4v) is 4.98. The number of nitrogens with one attached hydrogen (secondary N) is 2. The van der Waals surface area contributed by atoms with E-state index in [4.69, 9.17) is 15.3 Å². The van der Waals surface area contributed by atoms with Crippen LogP contribution in [0.25, 0.3) is 0 Å². The lowest BCUT2D eigenvalue weighted by atomic mass is 10.1. The van der Waals surface area contributed by atoms with Crippen molar-refractivity contribution in [1.82, 2.24) is 20.6 Å². The molecule has 2 aromatic rings. The number of phenols is 1. The van der Waals surface area contributed by atoms with Crippen LogP contribution in [0.5, 0.6) is 5.75 Å². The zero-order chi connectivity index (χ0) is 33.5.